The lowest BCUT2D eigenvalue weighted by Gasteiger charge is -2.26. The Balaban J connectivity index is 2.15. The lowest BCUT2D eigenvalue weighted by molar-refractivity contribution is 0.0993. The topological polar surface area (TPSA) is 20.3 Å². The van der Waals surface area contributed by atoms with Crippen LogP contribution < -0.4 is 4.90 Å². The molecule has 4 rings (SSSR count). The van der Waals surface area contributed by atoms with Crippen molar-refractivity contribution in [3.63, 3.8) is 0 Å². The van der Waals surface area contributed by atoms with Gasteiger partial charge in [-0.15, -0.1) is 0 Å². The first-order valence-corrected chi connectivity index (χ1v) is 7.33. The van der Waals surface area contributed by atoms with Gasteiger partial charge in [-0.05, 0) is 28.8 Å². The molecule has 3 aromatic rings. The highest BCUT2D eigenvalue weighted by molar-refractivity contribution is 6.14. The van der Waals surface area contributed by atoms with E-state index in [4.69, 9.17) is 0 Å². The molecule has 0 fully saturated rings. The number of amides is 1. The number of carbonyl (C=O) groups is 1. The van der Waals surface area contributed by atoms with Gasteiger partial charge in [-0.3, -0.25) is 4.79 Å². The van der Waals surface area contributed by atoms with Crippen LogP contribution in [0.25, 0.3) is 22.3 Å². The third-order valence-electron chi connectivity index (χ3n) is 4.23. The summed E-state index contributed by atoms with van der Waals surface area (Å²) in [4.78, 5) is 14.6. The van der Waals surface area contributed by atoms with E-state index in [0.717, 1.165) is 33.5 Å². The van der Waals surface area contributed by atoms with Crippen molar-refractivity contribution >= 4 is 11.6 Å². The Kier molecular flexibility index (Phi) is 2.83. The van der Waals surface area contributed by atoms with Crippen LogP contribution in [0.3, 0.4) is 0 Å². The minimum absolute atomic E-state index is 0.0255. The van der Waals surface area contributed by atoms with Gasteiger partial charge in [-0.1, -0.05) is 60.7 Å². The van der Waals surface area contributed by atoms with Gasteiger partial charge in [0.05, 0.1) is 5.69 Å². The summed E-state index contributed by atoms with van der Waals surface area (Å²) in [5, 5.41) is 0. The predicted octanol–water partition coefficient (Wildman–Crippen LogP) is 4.61. The minimum Gasteiger partial charge on any atom is -0.311 e. The smallest absolute Gasteiger partial charge is 0.258 e. The zero-order valence-electron chi connectivity index (χ0n) is 12.3. The SMILES string of the molecule is CN1C(=O)c2ccccc2-c2ccccc2-c2ccccc21. The normalized spacial score (nSPS) is 12.8. The lowest BCUT2D eigenvalue weighted by Crippen LogP contribution is -2.28. The molecular formula is C20H15NO. The summed E-state index contributed by atoms with van der Waals surface area (Å²) < 4.78 is 0. The standard InChI is InChI=1S/C20H15NO/c1-21-19-13-7-6-11-17(19)15-9-3-2-8-14(15)16-10-4-5-12-18(16)20(21)22/h2-13H,1H3. The second kappa shape index (κ2) is 4.85. The molecule has 0 aromatic heterocycles. The summed E-state index contributed by atoms with van der Waals surface area (Å²) in [6, 6.07) is 24.2. The number of fused-ring (bicyclic) bond motifs is 5. The summed E-state index contributed by atoms with van der Waals surface area (Å²) in [5.74, 6) is 0.0255. The van der Waals surface area contributed by atoms with Crippen LogP contribution in [0.4, 0.5) is 5.69 Å². The summed E-state index contributed by atoms with van der Waals surface area (Å²) in [5.41, 5.74) is 6.02. The van der Waals surface area contributed by atoms with Crippen molar-refractivity contribution in [1.29, 1.82) is 0 Å². The number of rotatable bonds is 0. The van der Waals surface area contributed by atoms with Crippen LogP contribution in [0.2, 0.25) is 0 Å². The quantitative estimate of drug-likeness (QED) is 0.590. The van der Waals surface area contributed by atoms with Crippen LogP contribution in [0.15, 0.2) is 72.8 Å². The van der Waals surface area contributed by atoms with Crippen molar-refractivity contribution in [2.75, 3.05) is 11.9 Å². The Morgan fingerprint density at radius 1 is 0.591 bits per heavy atom. The van der Waals surface area contributed by atoms with Crippen molar-refractivity contribution in [2.24, 2.45) is 0 Å². The van der Waals surface area contributed by atoms with Crippen LogP contribution in [-0.4, -0.2) is 13.0 Å². The molecule has 1 aliphatic heterocycles. The number of hydrogen-bond acceptors (Lipinski definition) is 1. The Bertz CT molecular complexity index is 882. The van der Waals surface area contributed by atoms with E-state index in [1.807, 2.05) is 61.6 Å². The average molecular weight is 285 g/mol. The van der Waals surface area contributed by atoms with Crippen molar-refractivity contribution < 1.29 is 4.79 Å². The van der Waals surface area contributed by atoms with E-state index in [2.05, 4.69) is 18.2 Å². The Hall–Kier alpha value is -2.87. The second-order valence-electron chi connectivity index (χ2n) is 5.47. The van der Waals surface area contributed by atoms with E-state index in [-0.39, 0.29) is 5.91 Å². The number of nitrogens with zero attached hydrogens (tertiary/aromatic N) is 1. The number of anilines is 1. The first kappa shape index (κ1) is 12.8. The maximum atomic E-state index is 12.9. The summed E-state index contributed by atoms with van der Waals surface area (Å²) in [6.07, 6.45) is 0. The largest absolute Gasteiger partial charge is 0.311 e. The summed E-state index contributed by atoms with van der Waals surface area (Å²) in [7, 11) is 1.84. The van der Waals surface area contributed by atoms with E-state index in [1.54, 1.807) is 4.90 Å². The maximum absolute atomic E-state index is 12.9. The third-order valence-corrected chi connectivity index (χ3v) is 4.23. The molecule has 1 heterocycles. The summed E-state index contributed by atoms with van der Waals surface area (Å²) in [6.45, 7) is 0. The van der Waals surface area contributed by atoms with E-state index in [9.17, 15) is 4.79 Å². The van der Waals surface area contributed by atoms with Gasteiger partial charge in [0.15, 0.2) is 0 Å². The lowest BCUT2D eigenvalue weighted by atomic mass is 9.89. The molecule has 2 nitrogen and oxygen atoms in total. The molecule has 0 radical (unpaired) electrons. The van der Waals surface area contributed by atoms with Gasteiger partial charge >= 0.3 is 0 Å². The van der Waals surface area contributed by atoms with Crippen LogP contribution in [0, 0.1) is 0 Å². The van der Waals surface area contributed by atoms with Gasteiger partial charge in [0.2, 0.25) is 0 Å². The van der Waals surface area contributed by atoms with Crippen molar-refractivity contribution in [2.45, 2.75) is 0 Å². The number of hydrogen-bond donors (Lipinski definition) is 0. The predicted molar refractivity (Wildman–Crippen MR) is 90.0 cm³/mol. The fraction of sp³-hybridized carbons (Fsp3) is 0.0500. The highest BCUT2D eigenvalue weighted by Gasteiger charge is 2.24. The molecule has 0 spiro atoms. The molecule has 0 N–H and O–H groups in total. The molecule has 1 aliphatic rings. The Labute approximate surface area is 129 Å². The molecular weight excluding hydrogens is 270 g/mol. The van der Waals surface area contributed by atoms with Crippen molar-refractivity contribution in [3.05, 3.63) is 78.4 Å². The Morgan fingerprint density at radius 3 is 1.64 bits per heavy atom. The third kappa shape index (κ3) is 1.77. The monoisotopic (exact) mass is 285 g/mol. The zero-order valence-corrected chi connectivity index (χ0v) is 12.3. The van der Waals surface area contributed by atoms with E-state index < -0.39 is 0 Å². The number of carbonyl (C=O) groups excluding carboxylic acids is 1. The molecule has 3 aromatic carbocycles. The fourth-order valence-electron chi connectivity index (χ4n) is 3.14. The van der Waals surface area contributed by atoms with Crippen LogP contribution in [0.1, 0.15) is 10.4 Å². The summed E-state index contributed by atoms with van der Waals surface area (Å²) >= 11 is 0. The molecule has 2 heteroatoms. The Morgan fingerprint density at radius 2 is 1.00 bits per heavy atom. The second-order valence-corrected chi connectivity index (χ2v) is 5.47. The highest BCUT2D eigenvalue weighted by atomic mass is 16.2. The first-order valence-electron chi connectivity index (χ1n) is 7.33. The number of para-hydroxylation sites is 1. The van der Waals surface area contributed by atoms with Crippen LogP contribution >= 0.6 is 0 Å². The minimum atomic E-state index is 0.0255. The van der Waals surface area contributed by atoms with Gasteiger partial charge in [0.1, 0.15) is 0 Å². The van der Waals surface area contributed by atoms with Crippen LogP contribution in [0.5, 0.6) is 0 Å². The van der Waals surface area contributed by atoms with Crippen molar-refractivity contribution in [3.8, 4) is 22.3 Å². The maximum Gasteiger partial charge on any atom is 0.258 e. The molecule has 1 amide bonds. The van der Waals surface area contributed by atoms with Gasteiger partial charge in [-0.2, -0.15) is 0 Å². The molecule has 0 atom stereocenters. The molecule has 0 bridgehead atoms. The van der Waals surface area contributed by atoms with Crippen molar-refractivity contribution in [1.82, 2.24) is 0 Å². The fourth-order valence-corrected chi connectivity index (χ4v) is 3.14. The highest BCUT2D eigenvalue weighted by Crippen LogP contribution is 2.41. The van der Waals surface area contributed by atoms with E-state index in [1.165, 1.54) is 0 Å². The van der Waals surface area contributed by atoms with Crippen LogP contribution in [-0.2, 0) is 0 Å². The van der Waals surface area contributed by atoms with Gasteiger partial charge < -0.3 is 4.90 Å². The number of benzene rings is 3. The molecule has 22 heavy (non-hydrogen) atoms. The zero-order chi connectivity index (χ0) is 15.1. The van der Waals surface area contributed by atoms with E-state index >= 15 is 0 Å². The molecule has 106 valence electrons. The van der Waals surface area contributed by atoms with E-state index in [0.29, 0.717) is 0 Å². The van der Waals surface area contributed by atoms with Gasteiger partial charge in [0, 0.05) is 18.2 Å². The van der Waals surface area contributed by atoms with Gasteiger partial charge in [-0.25, -0.2) is 0 Å². The van der Waals surface area contributed by atoms with Gasteiger partial charge in [0.25, 0.3) is 5.91 Å². The molecule has 0 aliphatic carbocycles. The first-order chi connectivity index (χ1) is 10.8. The molecule has 0 saturated carbocycles. The molecule has 0 saturated heterocycles. The molecule has 0 unspecified atom stereocenters. The average Bonchev–Trinajstić information content (AvgIpc) is 2.60.